The molecule has 1 aliphatic heterocycles. The number of aromatic nitrogens is 1. The number of furan rings is 1. The molecule has 3 aliphatic rings. The van der Waals surface area contributed by atoms with Crippen molar-refractivity contribution in [2.24, 2.45) is 10.9 Å². The van der Waals surface area contributed by atoms with Crippen LogP contribution < -0.4 is 0 Å². The third-order valence-corrected chi connectivity index (χ3v) is 14.8. The number of hydrogen-bond acceptors (Lipinski definition) is 2. The summed E-state index contributed by atoms with van der Waals surface area (Å²) in [5.41, 5.74) is 18.3. The van der Waals surface area contributed by atoms with Gasteiger partial charge < -0.3 is 4.42 Å². The number of nitrogens with zero attached hydrogens (tertiary/aromatic N) is 2. The van der Waals surface area contributed by atoms with E-state index in [1.807, 2.05) is 0 Å². The van der Waals surface area contributed by atoms with Crippen LogP contribution in [-0.4, -0.2) is 10.4 Å². The summed E-state index contributed by atoms with van der Waals surface area (Å²) in [6.07, 6.45) is 6.06. The fourth-order valence-corrected chi connectivity index (χ4v) is 11.8. The van der Waals surface area contributed by atoms with Crippen molar-refractivity contribution < 1.29 is 4.42 Å². The van der Waals surface area contributed by atoms with Gasteiger partial charge in [-0.2, -0.15) is 0 Å². The Balaban J connectivity index is 1.11. The Morgan fingerprint density at radius 2 is 1.25 bits per heavy atom. The fourth-order valence-electron chi connectivity index (χ4n) is 11.8. The van der Waals surface area contributed by atoms with E-state index in [9.17, 15) is 0 Å². The van der Waals surface area contributed by atoms with Crippen molar-refractivity contribution in [3.63, 3.8) is 0 Å². The van der Waals surface area contributed by atoms with Crippen LogP contribution in [0.15, 0.2) is 203 Å². The van der Waals surface area contributed by atoms with Gasteiger partial charge in [-0.1, -0.05) is 159 Å². The first-order valence-corrected chi connectivity index (χ1v) is 23.2. The highest BCUT2D eigenvalue weighted by atomic mass is 16.3. The van der Waals surface area contributed by atoms with Crippen molar-refractivity contribution in [1.29, 1.82) is 0 Å². The lowest BCUT2D eigenvalue weighted by Gasteiger charge is -2.26. The van der Waals surface area contributed by atoms with Crippen LogP contribution in [0.2, 0.25) is 0 Å². The van der Waals surface area contributed by atoms with Crippen LogP contribution in [0.1, 0.15) is 59.1 Å². The molecule has 2 bridgehead atoms. The molecule has 0 spiro atoms. The molecule has 0 radical (unpaired) electrons. The lowest BCUT2D eigenvalue weighted by atomic mass is 9.80. The number of benzene rings is 9. The molecule has 308 valence electrons. The zero-order valence-electron chi connectivity index (χ0n) is 36.2. The average molecular weight is 833 g/mol. The quantitative estimate of drug-likeness (QED) is 0.162. The lowest BCUT2D eigenvalue weighted by Crippen LogP contribution is -2.22. The monoisotopic (exact) mass is 832 g/mol. The molecule has 3 heterocycles. The third kappa shape index (κ3) is 5.58. The number of allylic oxidation sites excluding steroid dienone is 3. The molecule has 2 atom stereocenters. The summed E-state index contributed by atoms with van der Waals surface area (Å²) in [5, 5.41) is 9.85. The van der Waals surface area contributed by atoms with Gasteiger partial charge in [0.15, 0.2) is 0 Å². The minimum atomic E-state index is 0.0962. The standard InChI is InChI=1S/C62H44N2O/c1-37-22-27-45-50-30-31-52-49-18-8-11-21-58(49)65-61(52)59(50)51-29-26-43-34-41-14-4-5-15-42(41)36-53(43)46-28-23-38(32-54(46)51)33-55(45)60(44-25-24-39-12-2-3-13-40(39)35-44)63-62(37)64-56-19-9-6-16-47(56)48-17-7-10-20-57(48)64/h2-21,23-25,27-28,30-32,34-37,51H,22,26,29,33H2,1H3/b45-27?,60-55-,63-62?. The molecule has 9 aromatic carbocycles. The molecule has 2 unspecified atom stereocenters. The Bertz CT molecular complexity index is 3870. The summed E-state index contributed by atoms with van der Waals surface area (Å²) in [4.78, 5) is 6.07. The van der Waals surface area contributed by atoms with Gasteiger partial charge >= 0.3 is 0 Å². The van der Waals surface area contributed by atoms with E-state index < -0.39 is 0 Å². The molecule has 2 aromatic heterocycles. The third-order valence-electron chi connectivity index (χ3n) is 14.8. The van der Waals surface area contributed by atoms with E-state index in [0.717, 1.165) is 59.3 Å². The zero-order chi connectivity index (χ0) is 42.8. The second kappa shape index (κ2) is 14.1. The second-order valence-corrected chi connectivity index (χ2v) is 18.5. The average Bonchev–Trinajstić information content (AvgIpc) is 3.85. The highest BCUT2D eigenvalue weighted by Gasteiger charge is 2.34. The van der Waals surface area contributed by atoms with Gasteiger partial charge in [0.2, 0.25) is 0 Å². The molecule has 0 amide bonds. The molecule has 0 saturated carbocycles. The number of para-hydroxylation sites is 3. The molecule has 14 rings (SSSR count). The number of hydrogen-bond donors (Lipinski definition) is 0. The molecule has 3 nitrogen and oxygen atoms in total. The molecule has 3 heteroatoms. The van der Waals surface area contributed by atoms with E-state index in [1.54, 1.807) is 0 Å². The maximum absolute atomic E-state index is 7.13. The number of rotatable bonds is 1. The van der Waals surface area contributed by atoms with Crippen molar-refractivity contribution in [3.05, 3.63) is 227 Å². The summed E-state index contributed by atoms with van der Waals surface area (Å²) < 4.78 is 9.58. The van der Waals surface area contributed by atoms with Crippen molar-refractivity contribution in [3.8, 4) is 11.1 Å². The highest BCUT2D eigenvalue weighted by molar-refractivity contribution is 6.16. The maximum atomic E-state index is 7.13. The Kier molecular flexibility index (Phi) is 7.98. The molecule has 11 aromatic rings. The van der Waals surface area contributed by atoms with Crippen molar-refractivity contribution in [2.75, 3.05) is 0 Å². The van der Waals surface area contributed by atoms with E-state index in [2.05, 4.69) is 200 Å². The molecule has 0 fully saturated rings. The van der Waals surface area contributed by atoms with Crippen LogP contribution in [-0.2, 0) is 12.8 Å². The number of aliphatic imine (C=N–C) groups is 1. The summed E-state index contributed by atoms with van der Waals surface area (Å²) in [5.74, 6) is 1.26. The topological polar surface area (TPSA) is 30.4 Å². The van der Waals surface area contributed by atoms with Crippen LogP contribution in [0.25, 0.3) is 87.7 Å². The Hall–Kier alpha value is -7.75. The van der Waals surface area contributed by atoms with Crippen LogP contribution in [0.5, 0.6) is 0 Å². The smallest absolute Gasteiger partial charge is 0.139 e. The van der Waals surface area contributed by atoms with E-state index in [4.69, 9.17) is 9.41 Å². The molecule has 2 aliphatic carbocycles. The van der Waals surface area contributed by atoms with Crippen molar-refractivity contribution >= 4 is 82.4 Å². The van der Waals surface area contributed by atoms with Gasteiger partial charge in [0.1, 0.15) is 17.0 Å². The highest BCUT2D eigenvalue weighted by Crippen LogP contribution is 2.51. The predicted octanol–water partition coefficient (Wildman–Crippen LogP) is 16.1. The fraction of sp³-hybridized carbons (Fsp3) is 0.113. The van der Waals surface area contributed by atoms with Gasteiger partial charge in [-0.25, -0.2) is 4.99 Å². The molecule has 65 heavy (non-hydrogen) atoms. The van der Waals surface area contributed by atoms with Crippen molar-refractivity contribution in [1.82, 2.24) is 4.57 Å². The Labute approximate surface area is 377 Å². The molecular formula is C62H44N2O. The normalized spacial score (nSPS) is 18.3. The van der Waals surface area contributed by atoms with Crippen LogP contribution in [0, 0.1) is 5.92 Å². The minimum absolute atomic E-state index is 0.0962. The van der Waals surface area contributed by atoms with E-state index in [1.165, 1.54) is 98.8 Å². The maximum Gasteiger partial charge on any atom is 0.139 e. The first-order valence-electron chi connectivity index (χ1n) is 23.2. The van der Waals surface area contributed by atoms with Crippen LogP contribution >= 0.6 is 0 Å². The summed E-state index contributed by atoms with van der Waals surface area (Å²) in [6.45, 7) is 2.36. The van der Waals surface area contributed by atoms with E-state index in [0.29, 0.717) is 0 Å². The molecule has 0 saturated heterocycles. The molecular weight excluding hydrogens is 789 g/mol. The first-order chi connectivity index (χ1) is 32.1. The predicted molar refractivity (Wildman–Crippen MR) is 272 cm³/mol. The Morgan fingerprint density at radius 1 is 0.569 bits per heavy atom. The van der Waals surface area contributed by atoms with Gasteiger partial charge in [-0.15, -0.1) is 0 Å². The Morgan fingerprint density at radius 3 is 2.05 bits per heavy atom. The van der Waals surface area contributed by atoms with Crippen molar-refractivity contribution in [2.45, 2.75) is 38.5 Å². The minimum Gasteiger partial charge on any atom is -0.456 e. The van der Waals surface area contributed by atoms with Gasteiger partial charge in [-0.3, -0.25) is 4.57 Å². The van der Waals surface area contributed by atoms with Crippen LogP contribution in [0.3, 0.4) is 0 Å². The number of fused-ring (bicyclic) bond motifs is 16. The lowest BCUT2D eigenvalue weighted by molar-refractivity contribution is 0.646. The summed E-state index contributed by atoms with van der Waals surface area (Å²) in [7, 11) is 0. The second-order valence-electron chi connectivity index (χ2n) is 18.5. The SMILES string of the molecule is CC1CC=C2/C(=C(/c3ccc4ccccc4c3)N=C1n1c3ccccc3c3ccccc31)Cc1ccc3c(c1)C(CCc1cc4ccccc4cc1-3)c1c2ccc2c1oc1ccccc12. The van der Waals surface area contributed by atoms with E-state index >= 15 is 0 Å². The summed E-state index contributed by atoms with van der Waals surface area (Å²) in [6, 6.07) is 67.7. The van der Waals surface area contributed by atoms with E-state index in [-0.39, 0.29) is 11.8 Å². The summed E-state index contributed by atoms with van der Waals surface area (Å²) >= 11 is 0. The first kappa shape index (κ1) is 36.7. The van der Waals surface area contributed by atoms with Gasteiger partial charge in [0.05, 0.1) is 16.7 Å². The largest absolute Gasteiger partial charge is 0.456 e. The van der Waals surface area contributed by atoms with Gasteiger partial charge in [0.25, 0.3) is 0 Å². The van der Waals surface area contributed by atoms with Gasteiger partial charge in [0, 0.05) is 50.9 Å². The number of aryl methyl sites for hydroxylation is 1. The zero-order valence-corrected chi connectivity index (χ0v) is 36.2. The van der Waals surface area contributed by atoms with Crippen LogP contribution in [0.4, 0.5) is 0 Å². The van der Waals surface area contributed by atoms with Gasteiger partial charge in [-0.05, 0) is 122 Å². The molecule has 0 N–H and O–H groups in total.